The Morgan fingerprint density at radius 2 is 2.33 bits per heavy atom. The van der Waals surface area contributed by atoms with Crippen LogP contribution in [0.5, 0.6) is 0 Å². The average molecular weight is 229 g/mol. The molecule has 0 spiro atoms. The summed E-state index contributed by atoms with van der Waals surface area (Å²) in [6.45, 7) is 2.85. The van der Waals surface area contributed by atoms with E-state index in [4.69, 9.17) is 16.3 Å². The molecule has 0 bridgehead atoms. The zero-order chi connectivity index (χ0) is 11.1. The van der Waals surface area contributed by atoms with Crippen molar-refractivity contribution < 1.29 is 4.74 Å². The van der Waals surface area contributed by atoms with Gasteiger partial charge in [0.2, 0.25) is 0 Å². The third-order valence-electron chi connectivity index (χ3n) is 2.08. The zero-order valence-corrected chi connectivity index (χ0v) is 9.92. The molecule has 1 N–H and O–H groups in total. The summed E-state index contributed by atoms with van der Waals surface area (Å²) in [6, 6.07) is 4.02. The number of anilines is 1. The van der Waals surface area contributed by atoms with E-state index in [2.05, 4.69) is 17.2 Å². The van der Waals surface area contributed by atoms with Crippen molar-refractivity contribution in [3.8, 4) is 0 Å². The molecule has 1 aromatic rings. The van der Waals surface area contributed by atoms with Crippen LogP contribution >= 0.6 is 11.6 Å². The second-order valence-electron chi connectivity index (χ2n) is 3.45. The Morgan fingerprint density at radius 3 is 2.87 bits per heavy atom. The summed E-state index contributed by atoms with van der Waals surface area (Å²) in [5, 5.41) is 3.97. The van der Waals surface area contributed by atoms with E-state index in [-0.39, 0.29) is 0 Å². The van der Waals surface area contributed by atoms with E-state index in [1.807, 2.05) is 12.1 Å². The molecule has 0 aliphatic heterocycles. The summed E-state index contributed by atoms with van der Waals surface area (Å²) in [5.74, 6) is 0.843. The minimum atomic E-state index is 0.314. The summed E-state index contributed by atoms with van der Waals surface area (Å²) < 4.78 is 5.14. The second-order valence-corrected chi connectivity index (χ2v) is 3.88. The maximum absolute atomic E-state index is 5.76. The summed E-state index contributed by atoms with van der Waals surface area (Å²) in [7, 11) is 1.71. The monoisotopic (exact) mass is 228 g/mol. The Balaban J connectivity index is 2.53. The van der Waals surface area contributed by atoms with Crippen LogP contribution < -0.4 is 5.32 Å². The van der Waals surface area contributed by atoms with Gasteiger partial charge in [0.25, 0.3) is 0 Å². The molecular formula is C11H17ClN2O. The quantitative estimate of drug-likeness (QED) is 0.813. The molecule has 1 unspecified atom stereocenters. The number of rotatable bonds is 6. The standard InChI is InChI=1S/C11H17ClN2O/c1-3-4-10(8-15-2)14-11-6-5-9(12)7-13-11/h5-7,10H,3-4,8H2,1-2H3,(H,13,14). The van der Waals surface area contributed by atoms with Crippen molar-refractivity contribution >= 4 is 17.4 Å². The molecule has 0 aliphatic carbocycles. The largest absolute Gasteiger partial charge is 0.383 e. The molecular weight excluding hydrogens is 212 g/mol. The Hall–Kier alpha value is -0.800. The van der Waals surface area contributed by atoms with E-state index >= 15 is 0 Å². The van der Waals surface area contributed by atoms with Gasteiger partial charge in [-0.15, -0.1) is 0 Å². The van der Waals surface area contributed by atoms with Crippen LogP contribution in [0.1, 0.15) is 19.8 Å². The molecule has 0 saturated heterocycles. The third-order valence-corrected chi connectivity index (χ3v) is 2.31. The maximum atomic E-state index is 5.76. The molecule has 4 heteroatoms. The number of pyridine rings is 1. The summed E-state index contributed by atoms with van der Waals surface area (Å²) in [5.41, 5.74) is 0. The van der Waals surface area contributed by atoms with Crippen molar-refractivity contribution in [3.63, 3.8) is 0 Å². The summed E-state index contributed by atoms with van der Waals surface area (Å²) >= 11 is 5.76. The van der Waals surface area contributed by atoms with Gasteiger partial charge in [-0.2, -0.15) is 0 Å². The molecule has 1 atom stereocenters. The first-order valence-electron chi connectivity index (χ1n) is 5.13. The van der Waals surface area contributed by atoms with Crippen molar-refractivity contribution in [2.24, 2.45) is 0 Å². The van der Waals surface area contributed by atoms with Gasteiger partial charge < -0.3 is 10.1 Å². The van der Waals surface area contributed by atoms with E-state index in [1.165, 1.54) is 0 Å². The van der Waals surface area contributed by atoms with Gasteiger partial charge in [0.15, 0.2) is 0 Å². The van der Waals surface area contributed by atoms with Crippen LogP contribution in [0, 0.1) is 0 Å². The Bertz CT molecular complexity index is 270. The van der Waals surface area contributed by atoms with Gasteiger partial charge in [-0.25, -0.2) is 4.98 Å². The van der Waals surface area contributed by atoms with Crippen LogP contribution in [0.2, 0.25) is 5.02 Å². The fourth-order valence-corrected chi connectivity index (χ4v) is 1.53. The third kappa shape index (κ3) is 4.49. The van der Waals surface area contributed by atoms with Crippen molar-refractivity contribution in [2.75, 3.05) is 19.0 Å². The van der Waals surface area contributed by atoms with Crippen LogP contribution in [0.3, 0.4) is 0 Å². The molecule has 0 aliphatic rings. The van der Waals surface area contributed by atoms with Crippen LogP contribution in [0.4, 0.5) is 5.82 Å². The van der Waals surface area contributed by atoms with Crippen LogP contribution in [-0.4, -0.2) is 24.7 Å². The van der Waals surface area contributed by atoms with Crippen LogP contribution in [0.25, 0.3) is 0 Å². The first-order valence-corrected chi connectivity index (χ1v) is 5.51. The van der Waals surface area contributed by atoms with E-state index in [0.29, 0.717) is 17.7 Å². The molecule has 0 saturated carbocycles. The van der Waals surface area contributed by atoms with Gasteiger partial charge in [0, 0.05) is 13.3 Å². The van der Waals surface area contributed by atoms with Gasteiger partial charge >= 0.3 is 0 Å². The number of hydrogen-bond donors (Lipinski definition) is 1. The smallest absolute Gasteiger partial charge is 0.126 e. The SMILES string of the molecule is CCCC(COC)Nc1ccc(Cl)cn1. The van der Waals surface area contributed by atoms with Crippen molar-refractivity contribution in [1.29, 1.82) is 0 Å². The maximum Gasteiger partial charge on any atom is 0.126 e. The topological polar surface area (TPSA) is 34.1 Å². The van der Waals surface area contributed by atoms with Gasteiger partial charge in [-0.05, 0) is 18.6 Å². The minimum absolute atomic E-state index is 0.314. The molecule has 3 nitrogen and oxygen atoms in total. The highest BCUT2D eigenvalue weighted by molar-refractivity contribution is 6.30. The Morgan fingerprint density at radius 1 is 1.53 bits per heavy atom. The van der Waals surface area contributed by atoms with E-state index in [9.17, 15) is 0 Å². The van der Waals surface area contributed by atoms with E-state index in [1.54, 1.807) is 13.3 Å². The van der Waals surface area contributed by atoms with E-state index < -0.39 is 0 Å². The first kappa shape index (κ1) is 12.3. The predicted octanol–water partition coefficient (Wildman–Crippen LogP) is 2.96. The van der Waals surface area contributed by atoms with Gasteiger partial charge in [-0.1, -0.05) is 24.9 Å². The van der Waals surface area contributed by atoms with Crippen molar-refractivity contribution in [2.45, 2.75) is 25.8 Å². The van der Waals surface area contributed by atoms with Crippen LogP contribution in [0.15, 0.2) is 18.3 Å². The normalized spacial score (nSPS) is 12.5. The highest BCUT2D eigenvalue weighted by Crippen LogP contribution is 2.12. The number of aromatic nitrogens is 1. The lowest BCUT2D eigenvalue weighted by Crippen LogP contribution is -2.25. The molecule has 0 radical (unpaired) electrons. The Kier molecular flexibility index (Phi) is 5.43. The van der Waals surface area contributed by atoms with Gasteiger partial charge in [0.1, 0.15) is 5.82 Å². The van der Waals surface area contributed by atoms with Crippen molar-refractivity contribution in [3.05, 3.63) is 23.4 Å². The number of nitrogens with one attached hydrogen (secondary N) is 1. The van der Waals surface area contributed by atoms with Crippen molar-refractivity contribution in [1.82, 2.24) is 4.98 Å². The van der Waals surface area contributed by atoms with Gasteiger partial charge in [-0.3, -0.25) is 0 Å². The predicted molar refractivity (Wildman–Crippen MR) is 63.4 cm³/mol. The van der Waals surface area contributed by atoms with Crippen LogP contribution in [-0.2, 0) is 4.74 Å². The van der Waals surface area contributed by atoms with Gasteiger partial charge in [0.05, 0.1) is 17.7 Å². The first-order chi connectivity index (χ1) is 7.26. The molecule has 1 rings (SSSR count). The minimum Gasteiger partial charge on any atom is -0.383 e. The highest BCUT2D eigenvalue weighted by Gasteiger charge is 2.07. The lowest BCUT2D eigenvalue weighted by Gasteiger charge is -2.17. The molecule has 1 heterocycles. The summed E-state index contributed by atoms with van der Waals surface area (Å²) in [4.78, 5) is 4.18. The second kappa shape index (κ2) is 6.64. The van der Waals surface area contributed by atoms with E-state index in [0.717, 1.165) is 18.7 Å². The molecule has 15 heavy (non-hydrogen) atoms. The number of nitrogens with zero attached hydrogens (tertiary/aromatic N) is 1. The fourth-order valence-electron chi connectivity index (χ4n) is 1.42. The number of hydrogen-bond acceptors (Lipinski definition) is 3. The fraction of sp³-hybridized carbons (Fsp3) is 0.545. The lowest BCUT2D eigenvalue weighted by molar-refractivity contribution is 0.182. The number of ether oxygens (including phenoxy) is 1. The zero-order valence-electron chi connectivity index (χ0n) is 9.16. The number of halogens is 1. The molecule has 84 valence electrons. The summed E-state index contributed by atoms with van der Waals surface area (Å²) in [6.07, 6.45) is 3.83. The molecule has 0 amide bonds. The molecule has 1 aromatic heterocycles. The Labute approximate surface area is 95.8 Å². The molecule has 0 aromatic carbocycles. The molecule has 0 fully saturated rings. The number of methoxy groups -OCH3 is 1. The highest BCUT2D eigenvalue weighted by atomic mass is 35.5. The lowest BCUT2D eigenvalue weighted by atomic mass is 10.2. The average Bonchev–Trinajstić information content (AvgIpc) is 2.22.